The Morgan fingerprint density at radius 2 is 1.51 bits per heavy atom. The van der Waals surface area contributed by atoms with Gasteiger partial charge in [-0.1, -0.05) is 6.07 Å². The number of halogens is 2. The van der Waals surface area contributed by atoms with Crippen LogP contribution >= 0.6 is 0 Å². The number of carbonyl (C=O) groups excluding carboxylic acids is 1. The lowest BCUT2D eigenvalue weighted by Crippen LogP contribution is -2.50. The molecule has 4 aromatic rings. The maximum absolute atomic E-state index is 13.5. The highest BCUT2D eigenvalue weighted by Gasteiger charge is 2.24. The SMILES string of the molecule is Cc1cccnc1N1CCN(C(=O)Cn2nc(-c3ccc(F)cc3)nc2-c2ccc(F)cc2)CC1. The fourth-order valence-electron chi connectivity index (χ4n) is 4.19. The highest BCUT2D eigenvalue weighted by Crippen LogP contribution is 2.24. The fraction of sp³-hybridized carbons (Fsp3) is 0.231. The molecule has 178 valence electrons. The largest absolute Gasteiger partial charge is 0.353 e. The topological polar surface area (TPSA) is 67.2 Å². The van der Waals surface area contributed by atoms with Crippen LogP contribution in [0.25, 0.3) is 22.8 Å². The zero-order chi connectivity index (χ0) is 24.4. The summed E-state index contributed by atoms with van der Waals surface area (Å²) in [6.07, 6.45) is 1.78. The van der Waals surface area contributed by atoms with Crippen LogP contribution in [0.2, 0.25) is 0 Å². The average Bonchev–Trinajstić information content (AvgIpc) is 3.29. The van der Waals surface area contributed by atoms with Crippen LogP contribution in [0, 0.1) is 18.6 Å². The van der Waals surface area contributed by atoms with E-state index in [1.165, 1.54) is 28.9 Å². The van der Waals surface area contributed by atoms with Crippen molar-refractivity contribution in [2.45, 2.75) is 13.5 Å². The van der Waals surface area contributed by atoms with Crippen LogP contribution in [0.3, 0.4) is 0 Å². The Kier molecular flexibility index (Phi) is 6.22. The average molecular weight is 475 g/mol. The van der Waals surface area contributed by atoms with E-state index in [9.17, 15) is 13.6 Å². The molecule has 0 saturated carbocycles. The van der Waals surface area contributed by atoms with Gasteiger partial charge in [0.2, 0.25) is 5.91 Å². The standard InChI is InChI=1S/C26H24F2N6O/c1-18-3-2-12-29-25(18)33-15-13-32(14-16-33)23(35)17-34-26(20-6-10-22(28)11-7-20)30-24(31-34)19-4-8-21(27)9-5-19/h2-12H,13-17H2,1H3. The van der Waals surface area contributed by atoms with E-state index in [0.29, 0.717) is 49.0 Å². The molecule has 0 bridgehead atoms. The Balaban J connectivity index is 1.36. The van der Waals surface area contributed by atoms with E-state index >= 15 is 0 Å². The number of piperazine rings is 1. The molecule has 7 nitrogen and oxygen atoms in total. The van der Waals surface area contributed by atoms with Gasteiger partial charge >= 0.3 is 0 Å². The molecular weight excluding hydrogens is 450 g/mol. The lowest BCUT2D eigenvalue weighted by Gasteiger charge is -2.36. The van der Waals surface area contributed by atoms with Gasteiger partial charge in [-0.25, -0.2) is 23.4 Å². The third-order valence-electron chi connectivity index (χ3n) is 6.08. The number of amides is 1. The summed E-state index contributed by atoms with van der Waals surface area (Å²) in [4.78, 5) is 26.3. The summed E-state index contributed by atoms with van der Waals surface area (Å²) < 4.78 is 28.4. The van der Waals surface area contributed by atoms with Crippen LogP contribution in [0.4, 0.5) is 14.6 Å². The number of rotatable bonds is 5. The summed E-state index contributed by atoms with van der Waals surface area (Å²) >= 11 is 0. The van der Waals surface area contributed by atoms with Crippen LogP contribution in [0.1, 0.15) is 5.56 Å². The Morgan fingerprint density at radius 1 is 0.886 bits per heavy atom. The van der Waals surface area contributed by atoms with E-state index in [2.05, 4.69) is 20.0 Å². The molecule has 1 aliphatic heterocycles. The predicted molar refractivity (Wildman–Crippen MR) is 129 cm³/mol. The Bertz CT molecular complexity index is 1330. The minimum atomic E-state index is -0.365. The third kappa shape index (κ3) is 4.89. The molecule has 9 heteroatoms. The number of pyridine rings is 1. The summed E-state index contributed by atoms with van der Waals surface area (Å²) in [6.45, 7) is 4.53. The van der Waals surface area contributed by atoms with Crippen LogP contribution in [-0.4, -0.2) is 56.7 Å². The van der Waals surface area contributed by atoms with Gasteiger partial charge in [-0.3, -0.25) is 4.79 Å². The van der Waals surface area contributed by atoms with Crippen LogP contribution in [0.15, 0.2) is 66.9 Å². The van der Waals surface area contributed by atoms with E-state index in [0.717, 1.165) is 11.4 Å². The smallest absolute Gasteiger partial charge is 0.244 e. The summed E-state index contributed by atoms with van der Waals surface area (Å²) in [5.74, 6) is 0.950. The second-order valence-corrected chi connectivity index (χ2v) is 8.44. The van der Waals surface area contributed by atoms with E-state index in [1.807, 2.05) is 24.0 Å². The first-order valence-electron chi connectivity index (χ1n) is 11.4. The van der Waals surface area contributed by atoms with Crippen molar-refractivity contribution >= 4 is 11.7 Å². The van der Waals surface area contributed by atoms with E-state index in [4.69, 9.17) is 0 Å². The van der Waals surface area contributed by atoms with Gasteiger partial charge < -0.3 is 9.80 Å². The highest BCUT2D eigenvalue weighted by molar-refractivity contribution is 5.77. The number of carbonyl (C=O) groups is 1. The monoisotopic (exact) mass is 474 g/mol. The van der Waals surface area contributed by atoms with Crippen molar-refractivity contribution in [3.05, 3.63) is 84.1 Å². The van der Waals surface area contributed by atoms with E-state index in [-0.39, 0.29) is 24.1 Å². The van der Waals surface area contributed by atoms with Crippen molar-refractivity contribution in [3.8, 4) is 22.8 Å². The van der Waals surface area contributed by atoms with Crippen LogP contribution in [-0.2, 0) is 11.3 Å². The second kappa shape index (κ2) is 9.61. The van der Waals surface area contributed by atoms with Crippen molar-refractivity contribution in [2.75, 3.05) is 31.1 Å². The lowest BCUT2D eigenvalue weighted by molar-refractivity contribution is -0.132. The molecule has 0 N–H and O–H groups in total. The van der Waals surface area contributed by atoms with Gasteiger partial charge in [-0.2, -0.15) is 0 Å². The molecule has 35 heavy (non-hydrogen) atoms. The number of hydrogen-bond acceptors (Lipinski definition) is 5. The lowest BCUT2D eigenvalue weighted by atomic mass is 10.2. The number of hydrogen-bond donors (Lipinski definition) is 0. The number of benzene rings is 2. The van der Waals surface area contributed by atoms with Gasteiger partial charge in [0.1, 0.15) is 24.0 Å². The molecule has 5 rings (SSSR count). The van der Waals surface area contributed by atoms with E-state index < -0.39 is 0 Å². The normalized spacial score (nSPS) is 13.8. The van der Waals surface area contributed by atoms with E-state index in [1.54, 1.807) is 30.5 Å². The Morgan fingerprint density at radius 3 is 2.14 bits per heavy atom. The predicted octanol–water partition coefficient (Wildman–Crippen LogP) is 3.94. The van der Waals surface area contributed by atoms with Gasteiger partial charge in [-0.15, -0.1) is 5.10 Å². The molecule has 1 amide bonds. The molecule has 0 spiro atoms. The molecule has 1 saturated heterocycles. The Hall–Kier alpha value is -4.14. The van der Waals surface area contributed by atoms with Gasteiger partial charge in [0.25, 0.3) is 0 Å². The maximum atomic E-state index is 13.5. The summed E-state index contributed by atoms with van der Waals surface area (Å²) in [5, 5.41) is 4.54. The van der Waals surface area contributed by atoms with Crippen molar-refractivity contribution in [3.63, 3.8) is 0 Å². The molecule has 0 unspecified atom stereocenters. The fourth-order valence-corrected chi connectivity index (χ4v) is 4.19. The molecule has 1 fully saturated rings. The molecule has 3 heterocycles. The molecular formula is C26H24F2N6O. The zero-order valence-corrected chi connectivity index (χ0v) is 19.2. The molecule has 2 aromatic heterocycles. The zero-order valence-electron chi connectivity index (χ0n) is 19.2. The summed E-state index contributed by atoms with van der Waals surface area (Å²) in [6, 6.07) is 15.7. The van der Waals surface area contributed by atoms with Crippen molar-refractivity contribution in [1.82, 2.24) is 24.6 Å². The first kappa shape index (κ1) is 22.6. The van der Waals surface area contributed by atoms with Gasteiger partial charge in [-0.05, 0) is 67.1 Å². The van der Waals surface area contributed by atoms with Gasteiger partial charge in [0.05, 0.1) is 0 Å². The number of nitrogens with zero attached hydrogens (tertiary/aromatic N) is 6. The summed E-state index contributed by atoms with van der Waals surface area (Å²) in [7, 11) is 0. The van der Waals surface area contributed by atoms with Gasteiger partial charge in [0, 0.05) is 43.5 Å². The second-order valence-electron chi connectivity index (χ2n) is 8.44. The quantitative estimate of drug-likeness (QED) is 0.438. The minimum absolute atomic E-state index is 0.0104. The molecule has 1 aliphatic rings. The molecule has 0 atom stereocenters. The number of anilines is 1. The first-order valence-corrected chi connectivity index (χ1v) is 11.4. The third-order valence-corrected chi connectivity index (χ3v) is 6.08. The molecule has 0 radical (unpaired) electrons. The molecule has 2 aromatic carbocycles. The Labute approximate surface area is 201 Å². The van der Waals surface area contributed by atoms with Crippen LogP contribution in [0.5, 0.6) is 0 Å². The summed E-state index contributed by atoms with van der Waals surface area (Å²) in [5.41, 5.74) is 2.36. The number of aryl methyl sites for hydroxylation is 1. The minimum Gasteiger partial charge on any atom is -0.353 e. The van der Waals surface area contributed by atoms with Crippen LogP contribution < -0.4 is 4.90 Å². The maximum Gasteiger partial charge on any atom is 0.244 e. The van der Waals surface area contributed by atoms with Gasteiger partial charge in [0.15, 0.2) is 11.6 Å². The first-order chi connectivity index (χ1) is 17.0. The van der Waals surface area contributed by atoms with Crippen molar-refractivity contribution < 1.29 is 13.6 Å². The van der Waals surface area contributed by atoms with Crippen molar-refractivity contribution in [2.24, 2.45) is 0 Å². The molecule has 0 aliphatic carbocycles. The van der Waals surface area contributed by atoms with Crippen molar-refractivity contribution in [1.29, 1.82) is 0 Å². The number of aromatic nitrogens is 4. The highest BCUT2D eigenvalue weighted by atomic mass is 19.1.